The minimum Gasteiger partial charge on any atom is -0.311 e. The van der Waals surface area contributed by atoms with E-state index in [0.29, 0.717) is 17.8 Å². The summed E-state index contributed by atoms with van der Waals surface area (Å²) in [4.78, 5) is 5.21. The number of nitrogens with zero attached hydrogens (tertiary/aromatic N) is 2. The molecule has 3 atom stereocenters. The van der Waals surface area contributed by atoms with Gasteiger partial charge in [0.05, 0.1) is 0 Å². The molecule has 414 valence electrons. The topological polar surface area (TPSA) is 6.48 Å². The summed E-state index contributed by atoms with van der Waals surface area (Å²) in [5.74, 6) is 1.13. The summed E-state index contributed by atoms with van der Waals surface area (Å²) >= 11 is 0. The highest BCUT2D eigenvalue weighted by Gasteiger charge is 2.47. The van der Waals surface area contributed by atoms with Crippen LogP contribution in [-0.2, 0) is 5.41 Å². The number of allylic oxidation sites excluding steroid dienone is 12. The molecule has 3 heteroatoms. The molecule has 0 saturated carbocycles. The zero-order valence-corrected chi connectivity index (χ0v) is 50.6. The van der Waals surface area contributed by atoms with E-state index in [4.69, 9.17) is 0 Å². The Kier molecular flexibility index (Phi) is 12.3. The van der Waals surface area contributed by atoms with E-state index in [-0.39, 0.29) is 23.0 Å². The van der Waals surface area contributed by atoms with Crippen molar-refractivity contribution in [2.24, 2.45) is 28.6 Å². The van der Waals surface area contributed by atoms with Crippen molar-refractivity contribution >= 4 is 62.8 Å². The summed E-state index contributed by atoms with van der Waals surface area (Å²) in [5.41, 5.74) is 31.9. The number of hydrogen-bond acceptors (Lipinski definition) is 2. The molecule has 6 aliphatic rings. The van der Waals surface area contributed by atoms with Gasteiger partial charge in [0, 0.05) is 46.0 Å². The fourth-order valence-corrected chi connectivity index (χ4v) is 14.7. The molecule has 9 aromatic rings. The first kappa shape index (κ1) is 52.9. The maximum Gasteiger partial charge on any atom is 0.252 e. The van der Waals surface area contributed by atoms with Gasteiger partial charge in [-0.25, -0.2) is 0 Å². The lowest BCUT2D eigenvalue weighted by molar-refractivity contribution is 0.329. The van der Waals surface area contributed by atoms with E-state index in [9.17, 15) is 0 Å². The lowest BCUT2D eigenvalue weighted by Gasteiger charge is -2.48. The van der Waals surface area contributed by atoms with Gasteiger partial charge in [-0.05, 0) is 177 Å². The van der Waals surface area contributed by atoms with Crippen LogP contribution in [0.25, 0.3) is 50.1 Å². The van der Waals surface area contributed by atoms with Crippen molar-refractivity contribution in [1.82, 2.24) is 0 Å². The first-order valence-corrected chi connectivity index (χ1v) is 30.8. The lowest BCUT2D eigenvalue weighted by Crippen LogP contribution is -2.61. The molecule has 9 aromatic carbocycles. The van der Waals surface area contributed by atoms with Gasteiger partial charge in [0.2, 0.25) is 0 Å². The van der Waals surface area contributed by atoms with Crippen LogP contribution in [0.3, 0.4) is 0 Å². The molecular formula is C82H73BN2. The van der Waals surface area contributed by atoms with E-state index in [0.717, 1.165) is 17.8 Å². The predicted molar refractivity (Wildman–Crippen MR) is 363 cm³/mol. The van der Waals surface area contributed by atoms with Crippen LogP contribution in [0.5, 0.6) is 0 Å². The fraction of sp³-hybridized carbons (Fsp3) is 0.195. The molecule has 2 heterocycles. The van der Waals surface area contributed by atoms with Gasteiger partial charge in [0.15, 0.2) is 0 Å². The maximum atomic E-state index is 2.64. The second kappa shape index (κ2) is 19.9. The molecule has 0 saturated heterocycles. The summed E-state index contributed by atoms with van der Waals surface area (Å²) in [6.07, 6.45) is 16.5. The third-order valence-corrected chi connectivity index (χ3v) is 19.4. The number of fused-ring (bicyclic) bond motifs is 4. The van der Waals surface area contributed by atoms with E-state index < -0.39 is 0 Å². The van der Waals surface area contributed by atoms with Crippen molar-refractivity contribution in [3.05, 3.63) is 288 Å². The van der Waals surface area contributed by atoms with Crippen LogP contribution in [-0.4, -0.2) is 6.71 Å². The van der Waals surface area contributed by atoms with Crippen molar-refractivity contribution < 1.29 is 0 Å². The number of hydrogen-bond donors (Lipinski definition) is 0. The zero-order chi connectivity index (χ0) is 58.1. The van der Waals surface area contributed by atoms with Gasteiger partial charge < -0.3 is 9.80 Å². The van der Waals surface area contributed by atoms with E-state index >= 15 is 0 Å². The van der Waals surface area contributed by atoms with Crippen LogP contribution in [0.15, 0.2) is 277 Å². The van der Waals surface area contributed by atoms with E-state index in [2.05, 4.69) is 321 Å². The SMILES string of the molecule is CC(C)(C)C1=CC2=CC(c3ccc4c(c3)N(c3ccc(-c5ccccc5)cc3)c3cc(-c5ccc(C(C)(C)C)cc5)cc5c3B4c3ccc(-c4ccccc4)cc3N5c3ccc(-c4ccccc4)cc3)=C3C=C(C(C)(C)C)CC4C=CC(=C1)C2C34. The second-order valence-corrected chi connectivity index (χ2v) is 27.8. The molecule has 0 bridgehead atoms. The molecule has 0 fully saturated rings. The minimum absolute atomic E-state index is 0.0149. The maximum absolute atomic E-state index is 2.64. The average Bonchev–Trinajstić information content (AvgIpc) is 0.745. The third kappa shape index (κ3) is 9.09. The molecule has 0 spiro atoms. The molecule has 2 aliphatic heterocycles. The Morgan fingerprint density at radius 2 is 0.847 bits per heavy atom. The van der Waals surface area contributed by atoms with Crippen molar-refractivity contribution in [3.63, 3.8) is 0 Å². The van der Waals surface area contributed by atoms with Crippen LogP contribution >= 0.6 is 0 Å². The lowest BCUT2D eigenvalue weighted by atomic mass is 9.33. The van der Waals surface area contributed by atoms with Gasteiger partial charge >= 0.3 is 0 Å². The molecule has 0 N–H and O–H groups in total. The van der Waals surface area contributed by atoms with Gasteiger partial charge in [0.1, 0.15) is 0 Å². The zero-order valence-electron chi connectivity index (χ0n) is 50.6. The van der Waals surface area contributed by atoms with Crippen molar-refractivity contribution in [2.75, 3.05) is 9.80 Å². The van der Waals surface area contributed by atoms with E-state index in [1.165, 1.54) is 128 Å². The quantitative estimate of drug-likeness (QED) is 0.147. The minimum atomic E-state index is -0.0733. The summed E-state index contributed by atoms with van der Waals surface area (Å²) < 4.78 is 0. The van der Waals surface area contributed by atoms with Crippen LogP contribution < -0.4 is 26.2 Å². The van der Waals surface area contributed by atoms with Crippen molar-refractivity contribution in [3.8, 4) is 44.5 Å². The molecule has 3 unspecified atom stereocenters. The number of benzene rings is 9. The van der Waals surface area contributed by atoms with Crippen LogP contribution in [0.1, 0.15) is 79.9 Å². The molecule has 0 radical (unpaired) electrons. The Balaban J connectivity index is 1.01. The highest BCUT2D eigenvalue weighted by molar-refractivity contribution is 7.00. The van der Waals surface area contributed by atoms with Crippen molar-refractivity contribution in [2.45, 2.75) is 74.1 Å². The second-order valence-electron chi connectivity index (χ2n) is 27.8. The van der Waals surface area contributed by atoms with Crippen LogP contribution in [0, 0.1) is 28.6 Å². The van der Waals surface area contributed by atoms with Crippen LogP contribution in [0.2, 0.25) is 0 Å². The Hall–Kier alpha value is -8.92. The highest BCUT2D eigenvalue weighted by atomic mass is 15.2. The summed E-state index contributed by atoms with van der Waals surface area (Å²) in [7, 11) is 0. The Morgan fingerprint density at radius 1 is 0.388 bits per heavy atom. The monoisotopic (exact) mass is 1100 g/mol. The molecule has 15 rings (SSSR count). The highest BCUT2D eigenvalue weighted by Crippen LogP contribution is 2.58. The third-order valence-electron chi connectivity index (χ3n) is 19.4. The van der Waals surface area contributed by atoms with Gasteiger partial charge in [-0.1, -0.05) is 268 Å². The molecular weight excluding hydrogens is 1020 g/mol. The summed E-state index contributed by atoms with van der Waals surface area (Å²) in [6.45, 7) is 21.2. The molecule has 85 heavy (non-hydrogen) atoms. The molecule has 4 aliphatic carbocycles. The largest absolute Gasteiger partial charge is 0.311 e. The smallest absolute Gasteiger partial charge is 0.252 e. The standard InChI is InChI=1S/C82H73BN2/c1-80(2,3)64-35-27-57(28-36-64)62-49-75-79-76(50-62)85(68-39-31-56(32-40-68)53-21-15-11-16-22-53)74-48-59(69-46-63-45-65(81(4,5)6)43-60-25-26-61-44-66(82(7,8)9)51-70(69)78(61)77(60)63)34-42-72(74)83(79)71-41-33-58(54-23-17-12-18-24-54)47-73(71)84(75)67-37-29-55(30-38-67)52-19-13-10-14-20-52/h10-43,45-51,61,77-78H,44H2,1-9H3. The van der Waals surface area contributed by atoms with E-state index in [1.54, 1.807) is 0 Å². The first-order chi connectivity index (χ1) is 41.0. The van der Waals surface area contributed by atoms with Gasteiger partial charge in [0.25, 0.3) is 6.71 Å². The summed E-state index contributed by atoms with van der Waals surface area (Å²) in [5, 5.41) is 0. The Labute approximate surface area is 504 Å². The predicted octanol–water partition coefficient (Wildman–Crippen LogP) is 20.1. The number of rotatable bonds is 7. The first-order valence-electron chi connectivity index (χ1n) is 30.8. The normalized spacial score (nSPS) is 18.4. The van der Waals surface area contributed by atoms with E-state index in [1.807, 2.05) is 0 Å². The Bertz CT molecular complexity index is 4340. The molecule has 0 amide bonds. The van der Waals surface area contributed by atoms with Gasteiger partial charge in [-0.3, -0.25) is 0 Å². The Morgan fingerprint density at radius 3 is 1.36 bits per heavy atom. The molecule has 0 aromatic heterocycles. The van der Waals surface area contributed by atoms with Gasteiger partial charge in [-0.2, -0.15) is 0 Å². The van der Waals surface area contributed by atoms with Gasteiger partial charge in [-0.15, -0.1) is 0 Å². The summed E-state index contributed by atoms with van der Waals surface area (Å²) in [6, 6.07) is 80.4. The van der Waals surface area contributed by atoms with Crippen molar-refractivity contribution in [1.29, 1.82) is 0 Å². The number of anilines is 6. The van der Waals surface area contributed by atoms with Crippen LogP contribution in [0.4, 0.5) is 34.1 Å². The average molecular weight is 1100 g/mol. The fourth-order valence-electron chi connectivity index (χ4n) is 14.7. The molecule has 2 nitrogen and oxygen atoms in total.